The number of fused-ring (bicyclic) bond motifs is 2. The lowest BCUT2D eigenvalue weighted by atomic mass is 9.84. The predicted octanol–water partition coefficient (Wildman–Crippen LogP) is 1.68. The maximum atomic E-state index is 11.4. The third kappa shape index (κ3) is 2.38. The number of nitrogens with zero attached hydrogens (tertiary/aromatic N) is 1. The Bertz CT molecular complexity index is 506. The van der Waals surface area contributed by atoms with Gasteiger partial charge >= 0.3 is 5.97 Å². The molecule has 1 heterocycles. The molecule has 1 aromatic rings. The molecule has 0 aromatic carbocycles. The molecule has 0 amide bonds. The second-order valence-electron chi connectivity index (χ2n) is 5.78. The molecule has 0 spiro atoms. The first-order chi connectivity index (χ1) is 9.69. The molecule has 0 radical (unpaired) electrons. The molecule has 2 aliphatic rings. The van der Waals surface area contributed by atoms with E-state index >= 15 is 0 Å². The molecular formula is C15H20N2O3. The number of aromatic nitrogens is 1. The van der Waals surface area contributed by atoms with Gasteiger partial charge in [0.1, 0.15) is 0 Å². The average molecular weight is 276 g/mol. The van der Waals surface area contributed by atoms with Gasteiger partial charge in [-0.1, -0.05) is 6.07 Å². The largest absolute Gasteiger partial charge is 0.481 e. The molecule has 0 saturated heterocycles. The zero-order valence-electron chi connectivity index (χ0n) is 11.6. The highest BCUT2D eigenvalue weighted by molar-refractivity contribution is 5.72. The van der Waals surface area contributed by atoms with Crippen LogP contribution >= 0.6 is 0 Å². The van der Waals surface area contributed by atoms with Gasteiger partial charge in [-0.15, -0.1) is 0 Å². The quantitative estimate of drug-likeness (QED) is 0.856. The molecule has 2 saturated carbocycles. The molecule has 1 aromatic heterocycles. The Labute approximate surface area is 118 Å². The van der Waals surface area contributed by atoms with Crippen LogP contribution in [0, 0.1) is 17.8 Å². The molecule has 4 atom stereocenters. The van der Waals surface area contributed by atoms with Crippen molar-refractivity contribution >= 4 is 5.97 Å². The van der Waals surface area contributed by atoms with Gasteiger partial charge in [-0.3, -0.25) is 4.79 Å². The minimum atomic E-state index is -0.659. The van der Waals surface area contributed by atoms with Crippen LogP contribution < -0.4 is 10.1 Å². The van der Waals surface area contributed by atoms with Crippen LogP contribution in [0.2, 0.25) is 0 Å². The summed E-state index contributed by atoms with van der Waals surface area (Å²) < 4.78 is 5.10. The topological polar surface area (TPSA) is 71.5 Å². The fourth-order valence-electron chi connectivity index (χ4n) is 3.83. The highest BCUT2D eigenvalue weighted by Gasteiger charge is 2.50. The fourth-order valence-corrected chi connectivity index (χ4v) is 3.83. The first-order valence-corrected chi connectivity index (χ1v) is 7.15. The number of carboxylic acids is 1. The van der Waals surface area contributed by atoms with E-state index in [1.807, 2.05) is 12.1 Å². The number of aliphatic carboxylic acids is 1. The van der Waals surface area contributed by atoms with E-state index in [4.69, 9.17) is 4.74 Å². The molecule has 2 bridgehead atoms. The van der Waals surface area contributed by atoms with E-state index in [2.05, 4.69) is 10.3 Å². The number of hydrogen-bond donors (Lipinski definition) is 2. The predicted molar refractivity (Wildman–Crippen MR) is 73.4 cm³/mol. The molecular weight excluding hydrogens is 256 g/mol. The highest BCUT2D eigenvalue weighted by atomic mass is 16.5. The number of methoxy groups -OCH3 is 1. The Morgan fingerprint density at radius 1 is 1.45 bits per heavy atom. The molecule has 20 heavy (non-hydrogen) atoms. The molecule has 2 N–H and O–H groups in total. The Kier molecular flexibility index (Phi) is 3.61. The van der Waals surface area contributed by atoms with Crippen LogP contribution in [0.25, 0.3) is 0 Å². The zero-order chi connectivity index (χ0) is 14.1. The molecule has 2 aliphatic carbocycles. The SMILES string of the molecule is COc1cccc(CNC2C3CCC(C3)C2C(=O)O)n1. The van der Waals surface area contributed by atoms with Crippen LogP contribution in [0.5, 0.6) is 5.88 Å². The number of ether oxygens (including phenoxy) is 1. The van der Waals surface area contributed by atoms with Gasteiger partial charge in [-0.05, 0) is 37.2 Å². The van der Waals surface area contributed by atoms with Gasteiger partial charge in [0.05, 0.1) is 18.7 Å². The van der Waals surface area contributed by atoms with Gasteiger partial charge in [-0.2, -0.15) is 0 Å². The first-order valence-electron chi connectivity index (χ1n) is 7.15. The third-order valence-electron chi connectivity index (χ3n) is 4.71. The normalized spacial score (nSPS) is 31.4. The van der Waals surface area contributed by atoms with Crippen LogP contribution in [0.15, 0.2) is 18.2 Å². The smallest absolute Gasteiger partial charge is 0.308 e. The van der Waals surface area contributed by atoms with Crippen LogP contribution in [0.4, 0.5) is 0 Å². The standard InChI is InChI=1S/C15H20N2O3/c1-20-12-4-2-3-11(17-12)8-16-14-10-6-5-9(7-10)13(14)15(18)19/h2-4,9-10,13-14,16H,5-8H2,1H3,(H,18,19). The number of pyridine rings is 1. The van der Waals surface area contributed by atoms with E-state index in [-0.39, 0.29) is 12.0 Å². The molecule has 108 valence electrons. The van der Waals surface area contributed by atoms with Crippen LogP contribution in [0.3, 0.4) is 0 Å². The van der Waals surface area contributed by atoms with Crippen LogP contribution in [-0.4, -0.2) is 29.2 Å². The summed E-state index contributed by atoms with van der Waals surface area (Å²) in [4.78, 5) is 15.8. The second-order valence-corrected chi connectivity index (χ2v) is 5.78. The monoisotopic (exact) mass is 276 g/mol. The summed E-state index contributed by atoms with van der Waals surface area (Å²) in [6, 6.07) is 5.72. The van der Waals surface area contributed by atoms with Crippen molar-refractivity contribution in [3.05, 3.63) is 23.9 Å². The Hall–Kier alpha value is -1.62. The molecule has 2 fully saturated rings. The lowest BCUT2D eigenvalue weighted by molar-refractivity contribution is -0.144. The maximum absolute atomic E-state index is 11.4. The van der Waals surface area contributed by atoms with Crippen molar-refractivity contribution in [2.75, 3.05) is 7.11 Å². The van der Waals surface area contributed by atoms with Crippen molar-refractivity contribution in [1.29, 1.82) is 0 Å². The van der Waals surface area contributed by atoms with Crippen molar-refractivity contribution in [3.63, 3.8) is 0 Å². The molecule has 3 rings (SSSR count). The Morgan fingerprint density at radius 3 is 3.00 bits per heavy atom. The summed E-state index contributed by atoms with van der Waals surface area (Å²) in [5.74, 6) is 0.555. The second kappa shape index (κ2) is 5.40. The molecule has 5 nitrogen and oxygen atoms in total. The molecule has 0 aliphatic heterocycles. The summed E-state index contributed by atoms with van der Waals surface area (Å²) >= 11 is 0. The summed E-state index contributed by atoms with van der Waals surface area (Å²) in [5, 5.41) is 12.8. The Balaban J connectivity index is 1.66. The summed E-state index contributed by atoms with van der Waals surface area (Å²) in [6.45, 7) is 0.592. The summed E-state index contributed by atoms with van der Waals surface area (Å²) in [6.07, 6.45) is 3.27. The number of nitrogens with one attached hydrogen (secondary N) is 1. The highest BCUT2D eigenvalue weighted by Crippen LogP contribution is 2.48. The minimum Gasteiger partial charge on any atom is -0.481 e. The van der Waals surface area contributed by atoms with Crippen LogP contribution in [0.1, 0.15) is 25.0 Å². The van der Waals surface area contributed by atoms with E-state index in [0.717, 1.165) is 25.0 Å². The van der Waals surface area contributed by atoms with Crippen LogP contribution in [-0.2, 0) is 11.3 Å². The van der Waals surface area contributed by atoms with E-state index in [0.29, 0.717) is 24.3 Å². The average Bonchev–Trinajstić information content (AvgIpc) is 3.05. The van der Waals surface area contributed by atoms with Gasteiger partial charge in [0.15, 0.2) is 0 Å². The zero-order valence-corrected chi connectivity index (χ0v) is 11.6. The third-order valence-corrected chi connectivity index (χ3v) is 4.71. The lowest BCUT2D eigenvalue weighted by Crippen LogP contribution is -2.43. The fraction of sp³-hybridized carbons (Fsp3) is 0.600. The van der Waals surface area contributed by atoms with Crippen molar-refractivity contribution in [2.45, 2.75) is 31.8 Å². The van der Waals surface area contributed by atoms with E-state index in [9.17, 15) is 9.90 Å². The molecule has 4 unspecified atom stereocenters. The number of hydrogen-bond acceptors (Lipinski definition) is 4. The number of carbonyl (C=O) groups is 1. The summed E-state index contributed by atoms with van der Waals surface area (Å²) in [7, 11) is 1.59. The Morgan fingerprint density at radius 2 is 2.25 bits per heavy atom. The van der Waals surface area contributed by atoms with Crippen molar-refractivity contribution in [2.24, 2.45) is 17.8 Å². The van der Waals surface area contributed by atoms with Crippen molar-refractivity contribution in [3.8, 4) is 5.88 Å². The molecule has 5 heteroatoms. The van der Waals surface area contributed by atoms with Gasteiger partial charge < -0.3 is 15.2 Å². The van der Waals surface area contributed by atoms with Gasteiger partial charge in [0.2, 0.25) is 5.88 Å². The van der Waals surface area contributed by atoms with Gasteiger partial charge in [0.25, 0.3) is 0 Å². The summed E-state index contributed by atoms with van der Waals surface area (Å²) in [5.41, 5.74) is 0.885. The maximum Gasteiger partial charge on any atom is 0.308 e. The lowest BCUT2D eigenvalue weighted by Gasteiger charge is -2.28. The van der Waals surface area contributed by atoms with E-state index in [1.54, 1.807) is 13.2 Å². The number of rotatable bonds is 5. The van der Waals surface area contributed by atoms with Gasteiger partial charge in [-0.25, -0.2) is 4.98 Å². The number of carboxylic acid groups (broad SMARTS) is 1. The van der Waals surface area contributed by atoms with E-state index < -0.39 is 5.97 Å². The van der Waals surface area contributed by atoms with Gasteiger partial charge in [0, 0.05) is 18.7 Å². The first kappa shape index (κ1) is 13.4. The van der Waals surface area contributed by atoms with Crippen molar-refractivity contribution < 1.29 is 14.6 Å². The van der Waals surface area contributed by atoms with E-state index in [1.165, 1.54) is 0 Å². The van der Waals surface area contributed by atoms with Crippen molar-refractivity contribution in [1.82, 2.24) is 10.3 Å². The minimum absolute atomic E-state index is 0.0826.